The van der Waals surface area contributed by atoms with Crippen LogP contribution in [0.15, 0.2) is 24.3 Å². The minimum absolute atomic E-state index is 0.0338. The molecular weight excluding hydrogens is 480 g/mol. The number of esters is 1. The Morgan fingerprint density at radius 1 is 0.944 bits per heavy atom. The predicted octanol–water partition coefficient (Wildman–Crippen LogP) is 8.03. The molecule has 4 nitrogen and oxygen atoms in total. The second-order valence-electron chi connectivity index (χ2n) is 12.1. The zero-order valence-corrected chi connectivity index (χ0v) is 27.1. The summed E-state index contributed by atoms with van der Waals surface area (Å²) in [6.07, 6.45) is 10.1. The normalized spacial score (nSPS) is 14.7. The maximum Gasteiger partial charge on any atom is 0.305 e. The van der Waals surface area contributed by atoms with E-state index in [1.165, 1.54) is 0 Å². The fraction of sp³-hybridized carbons (Fsp3) is 0.700. The van der Waals surface area contributed by atoms with Crippen LogP contribution in [0.2, 0.25) is 36.3 Å². The Labute approximate surface area is 224 Å². The van der Waals surface area contributed by atoms with E-state index < -0.39 is 16.6 Å². The van der Waals surface area contributed by atoms with Crippen LogP contribution in [0.5, 0.6) is 0 Å². The molecule has 0 spiro atoms. The molecule has 0 saturated heterocycles. The van der Waals surface area contributed by atoms with Gasteiger partial charge in [0.2, 0.25) is 0 Å². The first-order valence-corrected chi connectivity index (χ1v) is 19.0. The summed E-state index contributed by atoms with van der Waals surface area (Å²) in [4.78, 5) is 11.7. The van der Waals surface area contributed by atoms with Crippen molar-refractivity contribution in [1.82, 2.24) is 0 Å². The molecule has 0 radical (unpaired) electrons. The third-order valence-electron chi connectivity index (χ3n) is 6.99. The number of carbonyl (C=O) groups excluding carboxylic acids is 1. The van der Waals surface area contributed by atoms with Crippen LogP contribution in [-0.4, -0.2) is 41.4 Å². The van der Waals surface area contributed by atoms with Crippen LogP contribution >= 0.6 is 0 Å². The topological polar surface area (TPSA) is 44.8 Å². The predicted molar refractivity (Wildman–Crippen MR) is 159 cm³/mol. The quantitative estimate of drug-likeness (QED) is 0.110. The molecular formula is C30H52O4Si2. The van der Waals surface area contributed by atoms with E-state index in [0.29, 0.717) is 32.3 Å². The fourth-order valence-electron chi connectivity index (χ4n) is 2.70. The van der Waals surface area contributed by atoms with Gasteiger partial charge in [-0.05, 0) is 69.0 Å². The minimum Gasteiger partial charge on any atom is -0.466 e. The molecule has 0 N–H and O–H groups in total. The van der Waals surface area contributed by atoms with Crippen molar-refractivity contribution < 1.29 is 18.4 Å². The molecule has 0 rings (SSSR count). The van der Waals surface area contributed by atoms with Crippen molar-refractivity contribution in [2.45, 2.75) is 130 Å². The summed E-state index contributed by atoms with van der Waals surface area (Å²) in [5.74, 6) is 12.4. The smallest absolute Gasteiger partial charge is 0.305 e. The van der Waals surface area contributed by atoms with Gasteiger partial charge in [0, 0.05) is 12.8 Å². The first kappa shape index (κ1) is 34.4. The summed E-state index contributed by atoms with van der Waals surface area (Å²) in [6.45, 7) is 26.5. The zero-order chi connectivity index (χ0) is 28.0. The number of hydrogen-bond acceptors (Lipinski definition) is 4. The van der Waals surface area contributed by atoms with Gasteiger partial charge in [0.1, 0.15) is 6.10 Å². The highest BCUT2D eigenvalue weighted by Crippen LogP contribution is 2.38. The third kappa shape index (κ3) is 13.7. The van der Waals surface area contributed by atoms with Crippen LogP contribution in [0.3, 0.4) is 0 Å². The van der Waals surface area contributed by atoms with E-state index in [4.69, 9.17) is 13.6 Å². The molecule has 204 valence electrons. The van der Waals surface area contributed by atoms with Gasteiger partial charge >= 0.3 is 5.97 Å². The lowest BCUT2D eigenvalue weighted by Gasteiger charge is -2.38. The molecule has 2 atom stereocenters. The molecule has 0 aliphatic heterocycles. The zero-order valence-electron chi connectivity index (χ0n) is 25.1. The van der Waals surface area contributed by atoms with Crippen LogP contribution in [0.25, 0.3) is 0 Å². The molecule has 0 saturated carbocycles. The van der Waals surface area contributed by atoms with E-state index in [2.05, 4.69) is 97.5 Å². The van der Waals surface area contributed by atoms with Crippen molar-refractivity contribution in [3.05, 3.63) is 24.3 Å². The Morgan fingerprint density at radius 2 is 1.53 bits per heavy atom. The van der Waals surface area contributed by atoms with Gasteiger partial charge in [-0.25, -0.2) is 0 Å². The van der Waals surface area contributed by atoms with Gasteiger partial charge in [0.25, 0.3) is 0 Å². The molecule has 0 unspecified atom stereocenters. The molecule has 0 aromatic carbocycles. The molecule has 0 fully saturated rings. The lowest BCUT2D eigenvalue weighted by Crippen LogP contribution is -2.43. The number of carbonyl (C=O) groups is 1. The average molecular weight is 533 g/mol. The lowest BCUT2D eigenvalue weighted by atomic mass is 10.1. The first-order chi connectivity index (χ1) is 16.5. The average Bonchev–Trinajstić information content (AvgIpc) is 2.72. The third-order valence-corrected chi connectivity index (χ3v) is 16.0. The number of hydrogen-bond donors (Lipinski definition) is 0. The van der Waals surface area contributed by atoms with Crippen molar-refractivity contribution in [1.29, 1.82) is 0 Å². The van der Waals surface area contributed by atoms with E-state index in [1.807, 2.05) is 32.1 Å². The van der Waals surface area contributed by atoms with E-state index in [9.17, 15) is 4.79 Å². The van der Waals surface area contributed by atoms with E-state index >= 15 is 0 Å². The molecule has 0 heterocycles. The molecule has 0 aromatic rings. The Hall–Kier alpha value is -1.58. The van der Waals surface area contributed by atoms with Gasteiger partial charge in [-0.2, -0.15) is 0 Å². The molecule has 0 bridgehead atoms. The summed E-state index contributed by atoms with van der Waals surface area (Å²) in [6, 6.07) is 0. The second kappa shape index (κ2) is 15.6. The van der Waals surface area contributed by atoms with Crippen molar-refractivity contribution in [2.24, 2.45) is 0 Å². The summed E-state index contributed by atoms with van der Waals surface area (Å²) >= 11 is 0. The van der Waals surface area contributed by atoms with Gasteiger partial charge in [-0.15, -0.1) is 11.8 Å². The lowest BCUT2D eigenvalue weighted by molar-refractivity contribution is -0.143. The highest BCUT2D eigenvalue weighted by Gasteiger charge is 2.39. The molecule has 36 heavy (non-hydrogen) atoms. The van der Waals surface area contributed by atoms with Gasteiger partial charge in [0.15, 0.2) is 16.6 Å². The van der Waals surface area contributed by atoms with Crippen LogP contribution in [0.1, 0.15) is 81.1 Å². The van der Waals surface area contributed by atoms with E-state index in [0.717, 1.165) is 0 Å². The van der Waals surface area contributed by atoms with Crippen LogP contribution < -0.4 is 0 Å². The molecule has 0 aliphatic rings. The second-order valence-corrected chi connectivity index (χ2v) is 21.7. The number of ether oxygens (including phenoxy) is 1. The monoisotopic (exact) mass is 532 g/mol. The van der Waals surface area contributed by atoms with Crippen molar-refractivity contribution in [2.75, 3.05) is 6.61 Å². The summed E-state index contributed by atoms with van der Waals surface area (Å²) in [5, 5.41) is 0.236. The minimum atomic E-state index is -1.98. The molecule has 0 aliphatic carbocycles. The Bertz CT molecular complexity index is 850. The Morgan fingerprint density at radius 3 is 2.06 bits per heavy atom. The largest absolute Gasteiger partial charge is 0.466 e. The number of allylic oxidation sites excluding steroid dienone is 3. The highest BCUT2D eigenvalue weighted by atomic mass is 28.4. The standard InChI is InChI=1S/C30H52O4Si2/c1-13-15-21-26(33-35(9,10)29(3,4)5)22-18-16-17-19-23-27(24-20-25-28(31)32-14-2)34-36(11,12)30(6,7)8/h16-18,22,26-27H,14,20-21,24-25H2,1-12H3/b17-16+,22-18+/t26-,27-/m1/s1. The van der Waals surface area contributed by atoms with Crippen LogP contribution in [-0.2, 0) is 18.4 Å². The van der Waals surface area contributed by atoms with Crippen LogP contribution in [0.4, 0.5) is 0 Å². The maximum atomic E-state index is 11.7. The summed E-state index contributed by atoms with van der Waals surface area (Å²) in [7, 11) is -3.87. The fourth-order valence-corrected chi connectivity index (χ4v) is 5.21. The van der Waals surface area contributed by atoms with Gasteiger partial charge in [-0.1, -0.05) is 71.6 Å². The molecule has 6 heteroatoms. The Balaban J connectivity index is 5.39. The van der Waals surface area contributed by atoms with Crippen molar-refractivity contribution in [3.8, 4) is 23.7 Å². The first-order valence-electron chi connectivity index (χ1n) is 13.2. The Kier molecular flexibility index (Phi) is 14.9. The summed E-state index contributed by atoms with van der Waals surface area (Å²) in [5.41, 5.74) is 0. The maximum absolute atomic E-state index is 11.7. The van der Waals surface area contributed by atoms with Gasteiger partial charge in [-0.3, -0.25) is 4.79 Å². The SMILES string of the molecule is CC#CC[C@H](/C=C/C=C/C#C[C@H](CCCC(=O)OCC)O[Si](C)(C)C(C)(C)C)O[Si](C)(C)C(C)(C)C. The molecule has 0 amide bonds. The number of rotatable bonds is 12. The molecule has 0 aromatic heterocycles. The van der Waals surface area contributed by atoms with Gasteiger partial charge in [0.05, 0.1) is 12.7 Å². The van der Waals surface area contributed by atoms with Gasteiger partial charge < -0.3 is 13.6 Å². The highest BCUT2D eigenvalue weighted by molar-refractivity contribution is 6.74. The summed E-state index contributed by atoms with van der Waals surface area (Å²) < 4.78 is 18.1. The van der Waals surface area contributed by atoms with Crippen LogP contribution in [0, 0.1) is 23.7 Å². The van der Waals surface area contributed by atoms with E-state index in [1.54, 1.807) is 0 Å². The van der Waals surface area contributed by atoms with E-state index in [-0.39, 0.29) is 28.3 Å². The van der Waals surface area contributed by atoms with Crippen molar-refractivity contribution in [3.63, 3.8) is 0 Å². The van der Waals surface area contributed by atoms with Crippen molar-refractivity contribution >= 4 is 22.6 Å².